The predicted molar refractivity (Wildman–Crippen MR) is 71.3 cm³/mol. The molecule has 0 bridgehead atoms. The van der Waals surface area contributed by atoms with Crippen LogP contribution in [-0.4, -0.2) is 15.3 Å². The van der Waals surface area contributed by atoms with Gasteiger partial charge in [0.25, 0.3) is 0 Å². The van der Waals surface area contributed by atoms with E-state index >= 15 is 0 Å². The Morgan fingerprint density at radius 1 is 1.00 bits per heavy atom. The van der Waals surface area contributed by atoms with Crippen LogP contribution in [0.5, 0.6) is 0 Å². The average molecular weight is 298 g/mol. The summed E-state index contributed by atoms with van der Waals surface area (Å²) in [7, 11) is 0. The Kier molecular flexibility index (Phi) is 4.02. The molecule has 21 heavy (non-hydrogen) atoms. The Labute approximate surface area is 118 Å². The lowest BCUT2D eigenvalue weighted by molar-refractivity contribution is -0.141. The van der Waals surface area contributed by atoms with Gasteiger partial charge in [0, 0.05) is 12.4 Å². The summed E-state index contributed by atoms with van der Waals surface area (Å²) >= 11 is 0. The van der Waals surface area contributed by atoms with Crippen molar-refractivity contribution in [2.75, 3.05) is 0 Å². The second kappa shape index (κ2) is 5.59. The van der Waals surface area contributed by atoms with Gasteiger partial charge < -0.3 is 9.13 Å². The van der Waals surface area contributed by atoms with Crippen LogP contribution in [-0.2, 0) is 13.1 Å². The van der Waals surface area contributed by atoms with Gasteiger partial charge in [0.05, 0.1) is 6.54 Å². The minimum atomic E-state index is -4.54. The maximum absolute atomic E-state index is 12.3. The van der Waals surface area contributed by atoms with Gasteiger partial charge in [-0.3, -0.25) is 9.59 Å². The fourth-order valence-corrected chi connectivity index (χ4v) is 1.96. The molecule has 1 aromatic heterocycles. The van der Waals surface area contributed by atoms with Crippen LogP contribution in [0.2, 0.25) is 0 Å². The van der Waals surface area contributed by atoms with E-state index < -0.39 is 23.8 Å². The van der Waals surface area contributed by atoms with E-state index in [9.17, 15) is 22.8 Å². The zero-order chi connectivity index (χ0) is 15.6. The van der Waals surface area contributed by atoms with Crippen LogP contribution < -0.4 is 11.1 Å². The first-order chi connectivity index (χ1) is 9.78. The number of hydrogen-bond acceptors (Lipinski definition) is 2. The number of rotatable bonds is 3. The summed E-state index contributed by atoms with van der Waals surface area (Å²) in [6.45, 7) is 0.533. The molecular weight excluding hydrogens is 285 g/mol. The van der Waals surface area contributed by atoms with Gasteiger partial charge in [0.15, 0.2) is 0 Å². The number of nitrogens with zero attached hydrogens (tertiary/aromatic N) is 2. The molecule has 0 aliphatic rings. The molecule has 0 aliphatic carbocycles. The molecule has 0 aliphatic heterocycles. The maximum atomic E-state index is 12.3. The zero-order valence-corrected chi connectivity index (χ0v) is 11.2. The third-order valence-electron chi connectivity index (χ3n) is 3.08. The minimum Gasteiger partial charge on any atom is -0.305 e. The van der Waals surface area contributed by atoms with Crippen molar-refractivity contribution < 1.29 is 13.2 Å². The van der Waals surface area contributed by atoms with E-state index in [2.05, 4.69) is 0 Å². The number of aromatic nitrogens is 2. The molecule has 7 heteroatoms. The van der Waals surface area contributed by atoms with Gasteiger partial charge in [-0.1, -0.05) is 24.3 Å². The first kappa shape index (κ1) is 15.1. The Morgan fingerprint density at radius 2 is 1.57 bits per heavy atom. The highest BCUT2D eigenvalue weighted by Gasteiger charge is 2.28. The van der Waals surface area contributed by atoms with Crippen molar-refractivity contribution in [3.63, 3.8) is 0 Å². The highest BCUT2D eigenvalue weighted by atomic mass is 19.4. The van der Waals surface area contributed by atoms with Gasteiger partial charge in [-0.25, -0.2) is 0 Å². The molecule has 2 aromatic rings. The SMILES string of the molecule is Cc1ccccc1Cn1ccn(CC(F)(F)F)c(=O)c1=O. The molecule has 1 aromatic carbocycles. The third kappa shape index (κ3) is 3.62. The van der Waals surface area contributed by atoms with Crippen molar-refractivity contribution in [2.45, 2.75) is 26.2 Å². The summed E-state index contributed by atoms with van der Waals surface area (Å²) in [4.78, 5) is 23.5. The summed E-state index contributed by atoms with van der Waals surface area (Å²) in [6, 6.07) is 7.27. The van der Waals surface area contributed by atoms with Gasteiger partial charge in [-0.05, 0) is 18.1 Å². The van der Waals surface area contributed by atoms with Gasteiger partial charge in [0.1, 0.15) is 6.54 Å². The lowest BCUT2D eigenvalue weighted by Crippen LogP contribution is -2.42. The Hall–Kier alpha value is -2.31. The summed E-state index contributed by atoms with van der Waals surface area (Å²) < 4.78 is 38.3. The normalized spacial score (nSPS) is 11.6. The molecule has 2 rings (SSSR count). The fraction of sp³-hybridized carbons (Fsp3) is 0.286. The number of alkyl halides is 3. The third-order valence-corrected chi connectivity index (χ3v) is 3.08. The van der Waals surface area contributed by atoms with Crippen molar-refractivity contribution in [3.05, 3.63) is 68.5 Å². The van der Waals surface area contributed by atoms with Crippen LogP contribution in [0.1, 0.15) is 11.1 Å². The van der Waals surface area contributed by atoms with E-state index in [1.807, 2.05) is 19.1 Å². The Morgan fingerprint density at radius 3 is 2.19 bits per heavy atom. The first-order valence-corrected chi connectivity index (χ1v) is 6.19. The molecule has 4 nitrogen and oxygen atoms in total. The average Bonchev–Trinajstić information content (AvgIpc) is 2.39. The Bertz CT molecular complexity index is 760. The molecule has 0 saturated heterocycles. The standard InChI is InChI=1S/C14H13F3N2O2/c1-10-4-2-3-5-11(10)8-18-6-7-19(9-14(15,16)17)13(21)12(18)20/h2-7H,8-9H2,1H3. The van der Waals surface area contributed by atoms with Crippen LogP contribution >= 0.6 is 0 Å². The van der Waals surface area contributed by atoms with Gasteiger partial charge in [-0.15, -0.1) is 0 Å². The van der Waals surface area contributed by atoms with E-state index in [1.165, 1.54) is 6.20 Å². The highest BCUT2D eigenvalue weighted by molar-refractivity contribution is 5.25. The quantitative estimate of drug-likeness (QED) is 0.813. The smallest absolute Gasteiger partial charge is 0.305 e. The molecule has 0 saturated carbocycles. The molecule has 0 atom stereocenters. The number of halogens is 3. The van der Waals surface area contributed by atoms with E-state index in [1.54, 1.807) is 12.1 Å². The number of benzene rings is 1. The van der Waals surface area contributed by atoms with Crippen LogP contribution in [0.3, 0.4) is 0 Å². The lowest BCUT2D eigenvalue weighted by Gasteiger charge is -2.11. The molecule has 0 fully saturated rings. The molecule has 0 amide bonds. The predicted octanol–water partition coefficient (Wildman–Crippen LogP) is 1.93. The number of aryl methyl sites for hydroxylation is 1. The second-order valence-corrected chi connectivity index (χ2v) is 4.71. The molecule has 0 N–H and O–H groups in total. The second-order valence-electron chi connectivity index (χ2n) is 4.71. The van der Waals surface area contributed by atoms with Gasteiger partial charge >= 0.3 is 17.3 Å². The fourth-order valence-electron chi connectivity index (χ4n) is 1.96. The monoisotopic (exact) mass is 298 g/mol. The van der Waals surface area contributed by atoms with Crippen molar-refractivity contribution in [3.8, 4) is 0 Å². The lowest BCUT2D eigenvalue weighted by atomic mass is 10.1. The van der Waals surface area contributed by atoms with E-state index in [-0.39, 0.29) is 6.54 Å². The van der Waals surface area contributed by atoms with Crippen molar-refractivity contribution in [1.82, 2.24) is 9.13 Å². The van der Waals surface area contributed by atoms with Crippen molar-refractivity contribution in [1.29, 1.82) is 0 Å². The number of hydrogen-bond donors (Lipinski definition) is 0. The van der Waals surface area contributed by atoms with Gasteiger partial charge in [-0.2, -0.15) is 13.2 Å². The summed E-state index contributed by atoms with van der Waals surface area (Å²) in [5.74, 6) is 0. The summed E-state index contributed by atoms with van der Waals surface area (Å²) in [6.07, 6.45) is -2.37. The van der Waals surface area contributed by atoms with Crippen LogP contribution in [0, 0.1) is 6.92 Å². The highest BCUT2D eigenvalue weighted by Crippen LogP contribution is 2.15. The van der Waals surface area contributed by atoms with Crippen molar-refractivity contribution >= 4 is 0 Å². The summed E-state index contributed by atoms with van der Waals surface area (Å²) in [5.41, 5.74) is -0.384. The first-order valence-electron chi connectivity index (χ1n) is 6.19. The Balaban J connectivity index is 2.36. The molecule has 0 unspecified atom stereocenters. The van der Waals surface area contributed by atoms with Crippen molar-refractivity contribution in [2.24, 2.45) is 0 Å². The molecule has 112 valence electrons. The van der Waals surface area contributed by atoms with E-state index in [0.717, 1.165) is 21.9 Å². The van der Waals surface area contributed by atoms with Crippen LogP contribution in [0.15, 0.2) is 46.2 Å². The molecule has 0 radical (unpaired) electrons. The molecule has 0 spiro atoms. The summed E-state index contributed by atoms with van der Waals surface area (Å²) in [5, 5.41) is 0. The van der Waals surface area contributed by atoms with E-state index in [0.29, 0.717) is 4.57 Å². The zero-order valence-electron chi connectivity index (χ0n) is 11.2. The van der Waals surface area contributed by atoms with Gasteiger partial charge in [0.2, 0.25) is 0 Å². The van der Waals surface area contributed by atoms with E-state index in [4.69, 9.17) is 0 Å². The minimum absolute atomic E-state index is 0.146. The largest absolute Gasteiger partial charge is 0.406 e. The van der Waals surface area contributed by atoms with Crippen LogP contribution in [0.4, 0.5) is 13.2 Å². The maximum Gasteiger partial charge on any atom is 0.406 e. The molecular formula is C14H13F3N2O2. The van der Waals surface area contributed by atoms with Crippen LogP contribution in [0.25, 0.3) is 0 Å². The topological polar surface area (TPSA) is 44.0 Å². The molecule has 1 heterocycles.